The van der Waals surface area contributed by atoms with Crippen LogP contribution in [0.2, 0.25) is 0 Å². The van der Waals surface area contributed by atoms with E-state index in [1.807, 2.05) is 0 Å². The third-order valence-electron chi connectivity index (χ3n) is 6.32. The maximum Gasteiger partial charge on any atom is 0.0640 e. The molecule has 0 aromatic carbocycles. The summed E-state index contributed by atoms with van der Waals surface area (Å²) in [6.07, 6.45) is 15.6. The average Bonchev–Trinajstić information content (AvgIpc) is 3.23. The number of nitrogens with zero attached hydrogens (tertiary/aromatic N) is 2. The summed E-state index contributed by atoms with van der Waals surface area (Å²) in [4.78, 5) is 0. The molecule has 3 saturated carbocycles. The van der Waals surface area contributed by atoms with Crippen LogP contribution < -0.4 is 5.73 Å². The van der Waals surface area contributed by atoms with Gasteiger partial charge in [0.05, 0.1) is 11.7 Å². The molecule has 0 radical (unpaired) electrons. The van der Waals surface area contributed by atoms with Gasteiger partial charge in [0.1, 0.15) is 0 Å². The molecule has 3 aliphatic rings. The standard InChI is InChI=1S/C18H29N3/c19-16(11-15-10-13-5-6-14(15)9-13)12-17-7-8-21(20-17)18-3-1-2-4-18/h7-8,13-16,18H,1-6,9-12,19H2. The zero-order chi connectivity index (χ0) is 14.2. The van der Waals surface area contributed by atoms with Crippen molar-refractivity contribution in [1.82, 2.24) is 9.78 Å². The first-order valence-corrected chi connectivity index (χ1v) is 9.07. The van der Waals surface area contributed by atoms with Gasteiger partial charge in [-0.1, -0.05) is 19.3 Å². The third-order valence-corrected chi connectivity index (χ3v) is 6.32. The maximum atomic E-state index is 6.43. The molecule has 2 N–H and O–H groups in total. The van der Waals surface area contributed by atoms with Crippen molar-refractivity contribution in [3.05, 3.63) is 18.0 Å². The molecular formula is C18H29N3. The summed E-state index contributed by atoms with van der Waals surface area (Å²) in [5.74, 6) is 2.95. The van der Waals surface area contributed by atoms with Gasteiger partial charge in [0.2, 0.25) is 0 Å². The fourth-order valence-corrected chi connectivity index (χ4v) is 5.26. The average molecular weight is 287 g/mol. The van der Waals surface area contributed by atoms with E-state index in [4.69, 9.17) is 10.8 Å². The Morgan fingerprint density at radius 2 is 2.05 bits per heavy atom. The largest absolute Gasteiger partial charge is 0.327 e. The van der Waals surface area contributed by atoms with E-state index >= 15 is 0 Å². The number of aromatic nitrogens is 2. The molecule has 1 aromatic heterocycles. The zero-order valence-corrected chi connectivity index (χ0v) is 13.1. The molecule has 1 heterocycles. The van der Waals surface area contributed by atoms with E-state index in [0.717, 1.165) is 24.2 Å². The quantitative estimate of drug-likeness (QED) is 0.897. The van der Waals surface area contributed by atoms with E-state index in [1.165, 1.54) is 63.5 Å². The molecule has 0 amide bonds. The van der Waals surface area contributed by atoms with Crippen molar-refractivity contribution in [2.24, 2.45) is 23.5 Å². The Bertz CT molecular complexity index is 475. The van der Waals surface area contributed by atoms with Crippen molar-refractivity contribution < 1.29 is 0 Å². The lowest BCUT2D eigenvalue weighted by atomic mass is 9.83. The topological polar surface area (TPSA) is 43.8 Å². The van der Waals surface area contributed by atoms with E-state index in [-0.39, 0.29) is 0 Å². The first-order chi connectivity index (χ1) is 10.3. The number of fused-ring (bicyclic) bond motifs is 2. The zero-order valence-electron chi connectivity index (χ0n) is 13.1. The van der Waals surface area contributed by atoms with Crippen molar-refractivity contribution in [2.45, 2.75) is 76.3 Å². The molecule has 4 atom stereocenters. The van der Waals surface area contributed by atoms with Crippen LogP contribution in [-0.2, 0) is 6.42 Å². The normalized spacial score (nSPS) is 33.9. The van der Waals surface area contributed by atoms with Crippen LogP contribution in [0.5, 0.6) is 0 Å². The van der Waals surface area contributed by atoms with Crippen LogP contribution in [0.4, 0.5) is 0 Å². The van der Waals surface area contributed by atoms with Gasteiger partial charge in [0, 0.05) is 18.7 Å². The summed E-state index contributed by atoms with van der Waals surface area (Å²) in [7, 11) is 0. The highest BCUT2D eigenvalue weighted by Gasteiger charge is 2.39. The summed E-state index contributed by atoms with van der Waals surface area (Å²) >= 11 is 0. The molecule has 4 unspecified atom stereocenters. The molecule has 1 aromatic rings. The summed E-state index contributed by atoms with van der Waals surface area (Å²) in [5, 5.41) is 4.79. The summed E-state index contributed by atoms with van der Waals surface area (Å²) in [6, 6.07) is 3.15. The predicted molar refractivity (Wildman–Crippen MR) is 85.0 cm³/mol. The predicted octanol–water partition coefficient (Wildman–Crippen LogP) is 3.69. The van der Waals surface area contributed by atoms with Crippen LogP contribution in [0.1, 0.15) is 69.5 Å². The lowest BCUT2D eigenvalue weighted by Gasteiger charge is -2.24. The molecule has 4 rings (SSSR count). The van der Waals surface area contributed by atoms with Gasteiger partial charge < -0.3 is 5.73 Å². The van der Waals surface area contributed by atoms with Crippen LogP contribution in [0.25, 0.3) is 0 Å². The smallest absolute Gasteiger partial charge is 0.0640 e. The van der Waals surface area contributed by atoms with Gasteiger partial charge in [-0.2, -0.15) is 5.10 Å². The monoisotopic (exact) mass is 287 g/mol. The third kappa shape index (κ3) is 2.90. The van der Waals surface area contributed by atoms with Gasteiger partial charge in [-0.25, -0.2) is 0 Å². The highest BCUT2D eigenvalue weighted by molar-refractivity contribution is 5.03. The molecular weight excluding hydrogens is 258 g/mol. The summed E-state index contributed by atoms with van der Waals surface area (Å²) in [6.45, 7) is 0. The van der Waals surface area contributed by atoms with E-state index in [0.29, 0.717) is 12.1 Å². The van der Waals surface area contributed by atoms with Crippen LogP contribution in [0, 0.1) is 17.8 Å². The molecule has 3 aliphatic carbocycles. The van der Waals surface area contributed by atoms with Gasteiger partial charge in [0.15, 0.2) is 0 Å². The number of rotatable bonds is 5. The van der Waals surface area contributed by atoms with Crippen LogP contribution in [-0.4, -0.2) is 15.8 Å². The van der Waals surface area contributed by atoms with Gasteiger partial charge >= 0.3 is 0 Å². The van der Waals surface area contributed by atoms with Crippen molar-refractivity contribution >= 4 is 0 Å². The van der Waals surface area contributed by atoms with Crippen molar-refractivity contribution in [3.8, 4) is 0 Å². The second-order valence-corrected chi connectivity index (χ2v) is 7.86. The highest BCUT2D eigenvalue weighted by atomic mass is 15.3. The number of hydrogen-bond acceptors (Lipinski definition) is 2. The molecule has 2 bridgehead atoms. The molecule has 0 spiro atoms. The van der Waals surface area contributed by atoms with Gasteiger partial charge in [0.25, 0.3) is 0 Å². The Balaban J connectivity index is 1.31. The Labute approximate surface area is 128 Å². The molecule has 3 fully saturated rings. The van der Waals surface area contributed by atoms with E-state index in [9.17, 15) is 0 Å². The Morgan fingerprint density at radius 3 is 2.76 bits per heavy atom. The lowest BCUT2D eigenvalue weighted by molar-refractivity contribution is 0.293. The Morgan fingerprint density at radius 1 is 1.19 bits per heavy atom. The van der Waals surface area contributed by atoms with Crippen molar-refractivity contribution in [2.75, 3.05) is 0 Å². The molecule has 116 valence electrons. The minimum Gasteiger partial charge on any atom is -0.327 e. The number of nitrogens with two attached hydrogens (primary N) is 1. The fourth-order valence-electron chi connectivity index (χ4n) is 5.26. The van der Waals surface area contributed by atoms with E-state index < -0.39 is 0 Å². The lowest BCUT2D eigenvalue weighted by Crippen LogP contribution is -2.28. The van der Waals surface area contributed by atoms with E-state index in [2.05, 4.69) is 16.9 Å². The minimum absolute atomic E-state index is 0.307. The molecule has 3 nitrogen and oxygen atoms in total. The van der Waals surface area contributed by atoms with Crippen molar-refractivity contribution in [3.63, 3.8) is 0 Å². The van der Waals surface area contributed by atoms with Crippen LogP contribution in [0.3, 0.4) is 0 Å². The Kier molecular flexibility index (Phi) is 3.78. The van der Waals surface area contributed by atoms with Crippen LogP contribution >= 0.6 is 0 Å². The number of hydrogen-bond donors (Lipinski definition) is 1. The molecule has 3 heteroatoms. The summed E-state index contributed by atoms with van der Waals surface area (Å²) in [5.41, 5.74) is 7.64. The molecule has 0 saturated heterocycles. The van der Waals surface area contributed by atoms with Crippen molar-refractivity contribution in [1.29, 1.82) is 0 Å². The maximum absolute atomic E-state index is 6.43. The van der Waals surface area contributed by atoms with Gasteiger partial charge in [-0.3, -0.25) is 4.68 Å². The summed E-state index contributed by atoms with van der Waals surface area (Å²) < 4.78 is 2.20. The van der Waals surface area contributed by atoms with Gasteiger partial charge in [-0.05, 0) is 62.3 Å². The SMILES string of the molecule is NC(Cc1ccn(C2CCCC2)n1)CC1CC2CCC1C2. The van der Waals surface area contributed by atoms with E-state index in [1.54, 1.807) is 0 Å². The first-order valence-electron chi connectivity index (χ1n) is 9.07. The second kappa shape index (κ2) is 5.75. The molecule has 21 heavy (non-hydrogen) atoms. The van der Waals surface area contributed by atoms with Gasteiger partial charge in [-0.15, -0.1) is 0 Å². The first kappa shape index (κ1) is 13.8. The molecule has 0 aliphatic heterocycles. The fraction of sp³-hybridized carbons (Fsp3) is 0.833. The minimum atomic E-state index is 0.307. The second-order valence-electron chi connectivity index (χ2n) is 7.86. The van der Waals surface area contributed by atoms with Crippen LogP contribution in [0.15, 0.2) is 12.3 Å². The highest BCUT2D eigenvalue weighted by Crippen LogP contribution is 2.49. The Hall–Kier alpha value is -0.830.